The number of nitrogens with zero attached hydrogens (tertiary/aromatic N) is 1. The molecule has 98 valence electrons. The van der Waals surface area contributed by atoms with E-state index in [1.807, 2.05) is 33.4 Å². The summed E-state index contributed by atoms with van der Waals surface area (Å²) in [6.07, 6.45) is 3.67. The molecule has 0 aliphatic carbocycles. The average Bonchev–Trinajstić information content (AvgIpc) is 2.47. The summed E-state index contributed by atoms with van der Waals surface area (Å²) >= 11 is 0. The van der Waals surface area contributed by atoms with Crippen molar-refractivity contribution in [2.45, 2.75) is 0 Å². The van der Waals surface area contributed by atoms with Gasteiger partial charge in [0.15, 0.2) is 0 Å². The lowest BCUT2D eigenvalue weighted by molar-refractivity contribution is 1.32. The van der Waals surface area contributed by atoms with Crippen LogP contribution in [0.25, 0.3) is 11.1 Å². The fourth-order valence-corrected chi connectivity index (χ4v) is 2.36. The van der Waals surface area contributed by atoms with E-state index >= 15 is 0 Å². The lowest BCUT2D eigenvalue weighted by Gasteiger charge is -2.20. The first kappa shape index (κ1) is 13.3. The van der Waals surface area contributed by atoms with Crippen molar-refractivity contribution in [2.24, 2.45) is 0 Å². The molecule has 0 unspecified atom stereocenters. The summed E-state index contributed by atoms with van der Waals surface area (Å²) in [6.45, 7) is 0. The Kier molecular flexibility index (Phi) is 3.95. The highest BCUT2D eigenvalue weighted by molar-refractivity contribution is 6.41. The topological polar surface area (TPSA) is 49.0 Å². The molecular formula is C14H19BN4. The van der Waals surface area contributed by atoms with Crippen molar-refractivity contribution in [1.82, 2.24) is 4.98 Å². The average molecular weight is 254 g/mol. The first-order valence-corrected chi connectivity index (χ1v) is 6.34. The minimum Gasteiger partial charge on any atom is -0.388 e. The number of hydrogen-bond acceptors (Lipinski definition) is 4. The van der Waals surface area contributed by atoms with E-state index in [-0.39, 0.29) is 0 Å². The number of hydrogen-bond donors (Lipinski definition) is 3. The summed E-state index contributed by atoms with van der Waals surface area (Å²) < 4.78 is 0. The van der Waals surface area contributed by atoms with Crippen molar-refractivity contribution in [2.75, 3.05) is 37.1 Å². The fraction of sp³-hybridized carbons (Fsp3) is 0.214. The molecule has 2 rings (SSSR count). The van der Waals surface area contributed by atoms with Crippen LogP contribution >= 0.6 is 0 Å². The number of anilines is 3. The van der Waals surface area contributed by atoms with Gasteiger partial charge in [0.25, 0.3) is 0 Å². The van der Waals surface area contributed by atoms with Gasteiger partial charge in [-0.2, -0.15) is 0 Å². The summed E-state index contributed by atoms with van der Waals surface area (Å²) in [7, 11) is 7.92. The summed E-state index contributed by atoms with van der Waals surface area (Å²) in [5.74, 6) is 0. The Balaban J connectivity index is 2.74. The second-order valence-electron chi connectivity index (χ2n) is 4.34. The van der Waals surface area contributed by atoms with Gasteiger partial charge in [0, 0.05) is 61.7 Å². The summed E-state index contributed by atoms with van der Waals surface area (Å²) in [6, 6.07) is 6.15. The predicted octanol–water partition coefficient (Wildman–Crippen LogP) is 1.13. The molecule has 1 heterocycles. The Bertz CT molecular complexity index is 569. The van der Waals surface area contributed by atoms with E-state index < -0.39 is 0 Å². The largest absolute Gasteiger partial charge is 0.388 e. The van der Waals surface area contributed by atoms with Gasteiger partial charge in [0.2, 0.25) is 0 Å². The predicted molar refractivity (Wildman–Crippen MR) is 86.5 cm³/mol. The van der Waals surface area contributed by atoms with Crippen molar-refractivity contribution >= 4 is 30.4 Å². The van der Waals surface area contributed by atoms with Crippen molar-refractivity contribution in [3.63, 3.8) is 0 Å². The van der Waals surface area contributed by atoms with Gasteiger partial charge < -0.3 is 16.0 Å². The summed E-state index contributed by atoms with van der Waals surface area (Å²) in [5, 5.41) is 9.79. The van der Waals surface area contributed by atoms with Crippen LogP contribution in [0, 0.1) is 0 Å². The molecule has 0 bridgehead atoms. The Labute approximate surface area is 115 Å². The molecule has 2 aromatic rings. The monoisotopic (exact) mass is 254 g/mol. The Morgan fingerprint density at radius 3 is 2.32 bits per heavy atom. The Morgan fingerprint density at radius 2 is 1.79 bits per heavy atom. The third-order valence-corrected chi connectivity index (χ3v) is 3.33. The van der Waals surface area contributed by atoms with E-state index in [2.05, 4.69) is 40.9 Å². The molecule has 0 aliphatic rings. The molecule has 19 heavy (non-hydrogen) atoms. The van der Waals surface area contributed by atoms with Crippen molar-refractivity contribution in [1.29, 1.82) is 0 Å². The molecule has 5 heteroatoms. The summed E-state index contributed by atoms with van der Waals surface area (Å²) in [4.78, 5) is 4.21. The van der Waals surface area contributed by atoms with Gasteiger partial charge in [-0.1, -0.05) is 6.07 Å². The number of nitrogens with one attached hydrogen (secondary N) is 3. The lowest BCUT2D eigenvalue weighted by Crippen LogP contribution is -2.17. The highest BCUT2D eigenvalue weighted by Crippen LogP contribution is 2.35. The maximum Gasteiger partial charge on any atom is 0.144 e. The molecule has 0 fully saturated rings. The molecule has 0 amide bonds. The van der Waals surface area contributed by atoms with Crippen LogP contribution in [0.2, 0.25) is 0 Å². The molecule has 4 nitrogen and oxygen atoms in total. The molecule has 0 saturated carbocycles. The maximum atomic E-state index is 4.21. The SMILES string of the molecule is Bc1c(NC)cc(NC)c(-c2cccnc2)c1NC. The highest BCUT2D eigenvalue weighted by Gasteiger charge is 2.15. The number of benzene rings is 1. The van der Waals surface area contributed by atoms with Gasteiger partial charge in [-0.05, 0) is 17.6 Å². The first-order valence-electron chi connectivity index (χ1n) is 6.34. The molecule has 1 aromatic carbocycles. The molecule has 0 aliphatic heterocycles. The zero-order chi connectivity index (χ0) is 13.8. The van der Waals surface area contributed by atoms with E-state index in [1.165, 1.54) is 5.46 Å². The zero-order valence-electron chi connectivity index (χ0n) is 11.8. The van der Waals surface area contributed by atoms with Gasteiger partial charge in [-0.3, -0.25) is 4.98 Å². The molecular weight excluding hydrogens is 235 g/mol. The zero-order valence-corrected chi connectivity index (χ0v) is 11.8. The van der Waals surface area contributed by atoms with Crippen molar-refractivity contribution < 1.29 is 0 Å². The van der Waals surface area contributed by atoms with Crippen molar-refractivity contribution in [3.05, 3.63) is 30.6 Å². The molecule has 0 saturated heterocycles. The Morgan fingerprint density at radius 1 is 1.05 bits per heavy atom. The minimum absolute atomic E-state index is 1.08. The van der Waals surface area contributed by atoms with Crippen LogP contribution in [-0.2, 0) is 0 Å². The van der Waals surface area contributed by atoms with Crippen molar-refractivity contribution in [3.8, 4) is 11.1 Å². The second-order valence-corrected chi connectivity index (χ2v) is 4.34. The van der Waals surface area contributed by atoms with Crippen LogP contribution in [0.5, 0.6) is 0 Å². The van der Waals surface area contributed by atoms with E-state index in [0.717, 1.165) is 28.2 Å². The minimum atomic E-state index is 1.08. The highest BCUT2D eigenvalue weighted by atomic mass is 14.9. The van der Waals surface area contributed by atoms with Crippen LogP contribution in [0.3, 0.4) is 0 Å². The molecule has 0 radical (unpaired) electrons. The number of rotatable bonds is 4. The van der Waals surface area contributed by atoms with Gasteiger partial charge in [0.05, 0.1) is 0 Å². The quantitative estimate of drug-likeness (QED) is 0.716. The smallest absolute Gasteiger partial charge is 0.144 e. The van der Waals surface area contributed by atoms with Crippen LogP contribution in [0.15, 0.2) is 30.6 Å². The third kappa shape index (κ3) is 2.36. The van der Waals surface area contributed by atoms with Gasteiger partial charge in [-0.15, -0.1) is 0 Å². The summed E-state index contributed by atoms with van der Waals surface area (Å²) in [5.41, 5.74) is 6.75. The van der Waals surface area contributed by atoms with Gasteiger partial charge in [0.1, 0.15) is 7.85 Å². The van der Waals surface area contributed by atoms with Gasteiger partial charge >= 0.3 is 0 Å². The second kappa shape index (κ2) is 5.65. The Hall–Kier alpha value is -2.17. The lowest BCUT2D eigenvalue weighted by atomic mass is 9.86. The standard InChI is InChI=1S/C14H19BN4/c1-16-10-7-11(17-2)13(15)14(18-3)12(10)9-5-4-6-19-8-9/h4-8,16-18H,15H2,1-3H3. The van der Waals surface area contributed by atoms with Crippen LogP contribution in [0.1, 0.15) is 0 Å². The van der Waals surface area contributed by atoms with E-state index in [4.69, 9.17) is 0 Å². The molecule has 0 spiro atoms. The van der Waals surface area contributed by atoms with Gasteiger partial charge in [-0.25, -0.2) is 0 Å². The molecule has 0 atom stereocenters. The van der Waals surface area contributed by atoms with Crippen LogP contribution in [0.4, 0.5) is 17.1 Å². The molecule has 3 N–H and O–H groups in total. The fourth-order valence-electron chi connectivity index (χ4n) is 2.36. The number of aromatic nitrogens is 1. The maximum absolute atomic E-state index is 4.21. The van der Waals surface area contributed by atoms with E-state index in [9.17, 15) is 0 Å². The third-order valence-electron chi connectivity index (χ3n) is 3.33. The van der Waals surface area contributed by atoms with Crippen LogP contribution < -0.4 is 21.4 Å². The molecule has 1 aromatic heterocycles. The first-order chi connectivity index (χ1) is 9.22. The van der Waals surface area contributed by atoms with Crippen LogP contribution in [-0.4, -0.2) is 34.0 Å². The van der Waals surface area contributed by atoms with E-state index in [0.29, 0.717) is 0 Å². The van der Waals surface area contributed by atoms with E-state index in [1.54, 1.807) is 6.20 Å². The normalized spacial score (nSPS) is 10.1. The number of pyridine rings is 1.